The van der Waals surface area contributed by atoms with Crippen molar-refractivity contribution in [1.29, 1.82) is 0 Å². The second-order valence-corrected chi connectivity index (χ2v) is 9.83. The smallest absolute Gasteiger partial charge is 0.320 e. The van der Waals surface area contributed by atoms with Crippen molar-refractivity contribution in [2.24, 2.45) is 17.8 Å². The second kappa shape index (κ2) is 8.89. The minimum atomic E-state index is -3.72. The SMILES string of the molecule is C/C=C1\CN(S(=O)(=O)c2ccc(C)cc2)[C@@H]2CCC[C@@H]2[C@@H]1C(C(=O)OC)C(=O)OC. The standard InChI is InChI=1S/C22H29NO6S/c1-5-15-13-23(30(26,27)16-11-9-14(2)10-12-16)18-8-6-7-17(18)19(15)20(21(24)28-3)22(25)29-4/h5,9-12,17-20H,6-8,13H2,1-4H3/b15-5+/t17-,18+,19+/m0/s1. The minimum absolute atomic E-state index is 0.142. The number of piperidine rings is 1. The summed E-state index contributed by atoms with van der Waals surface area (Å²) in [5.74, 6) is -2.99. The van der Waals surface area contributed by atoms with E-state index in [2.05, 4.69) is 0 Å². The summed E-state index contributed by atoms with van der Waals surface area (Å²) >= 11 is 0. The van der Waals surface area contributed by atoms with Crippen LogP contribution in [0.3, 0.4) is 0 Å². The zero-order valence-electron chi connectivity index (χ0n) is 17.8. The zero-order chi connectivity index (χ0) is 22.1. The fourth-order valence-electron chi connectivity index (χ4n) is 4.92. The molecule has 1 heterocycles. The molecule has 8 heteroatoms. The van der Waals surface area contributed by atoms with Crippen LogP contribution in [0.4, 0.5) is 0 Å². The van der Waals surface area contributed by atoms with Crippen molar-refractivity contribution in [3.63, 3.8) is 0 Å². The van der Waals surface area contributed by atoms with E-state index in [-0.39, 0.29) is 23.4 Å². The van der Waals surface area contributed by atoms with E-state index >= 15 is 0 Å². The van der Waals surface area contributed by atoms with Crippen LogP contribution in [0.1, 0.15) is 31.7 Å². The monoisotopic (exact) mass is 435 g/mol. The molecule has 1 aliphatic carbocycles. The van der Waals surface area contributed by atoms with Crippen molar-refractivity contribution < 1.29 is 27.5 Å². The van der Waals surface area contributed by atoms with Crippen molar-refractivity contribution in [2.45, 2.75) is 44.0 Å². The molecule has 3 atom stereocenters. The number of aryl methyl sites for hydroxylation is 1. The number of methoxy groups -OCH3 is 2. The molecule has 0 radical (unpaired) electrons. The molecular formula is C22H29NO6S. The lowest BCUT2D eigenvalue weighted by atomic mass is 9.71. The second-order valence-electron chi connectivity index (χ2n) is 7.94. The van der Waals surface area contributed by atoms with E-state index in [0.717, 1.165) is 24.0 Å². The fraction of sp³-hybridized carbons (Fsp3) is 0.545. The number of carbonyl (C=O) groups excluding carboxylic acids is 2. The van der Waals surface area contributed by atoms with Crippen LogP contribution in [0.5, 0.6) is 0 Å². The molecule has 1 saturated carbocycles. The molecule has 0 aromatic heterocycles. The molecule has 0 unspecified atom stereocenters. The normalized spacial score (nSPS) is 25.9. The fourth-order valence-corrected chi connectivity index (χ4v) is 6.61. The van der Waals surface area contributed by atoms with Crippen LogP contribution in [0, 0.1) is 24.7 Å². The molecular weight excluding hydrogens is 406 g/mol. The third kappa shape index (κ3) is 3.90. The van der Waals surface area contributed by atoms with Crippen molar-refractivity contribution in [3.05, 3.63) is 41.5 Å². The Morgan fingerprint density at radius 1 is 1.10 bits per heavy atom. The van der Waals surface area contributed by atoms with Gasteiger partial charge in [0.2, 0.25) is 10.0 Å². The lowest BCUT2D eigenvalue weighted by Crippen LogP contribution is -2.54. The van der Waals surface area contributed by atoms with Gasteiger partial charge in [0.1, 0.15) is 0 Å². The van der Waals surface area contributed by atoms with Crippen LogP contribution in [0.15, 0.2) is 40.8 Å². The average molecular weight is 436 g/mol. The maximum absolute atomic E-state index is 13.5. The Morgan fingerprint density at radius 3 is 2.23 bits per heavy atom. The first-order chi connectivity index (χ1) is 14.3. The molecule has 1 aromatic rings. The quantitative estimate of drug-likeness (QED) is 0.401. The van der Waals surface area contributed by atoms with Gasteiger partial charge in [0.25, 0.3) is 0 Å². The molecule has 0 bridgehead atoms. The zero-order valence-corrected chi connectivity index (χ0v) is 18.6. The van der Waals surface area contributed by atoms with Crippen LogP contribution in [-0.4, -0.2) is 51.5 Å². The summed E-state index contributed by atoms with van der Waals surface area (Å²) in [4.78, 5) is 25.3. The number of allylic oxidation sites excluding steroid dienone is 1. The number of esters is 2. The summed E-state index contributed by atoms with van der Waals surface area (Å²) in [5, 5.41) is 0. The first-order valence-corrected chi connectivity index (χ1v) is 11.6. The Balaban J connectivity index is 2.03. The van der Waals surface area contributed by atoms with Crippen molar-refractivity contribution in [3.8, 4) is 0 Å². The number of sulfonamides is 1. The van der Waals surface area contributed by atoms with Gasteiger partial charge in [0, 0.05) is 18.5 Å². The van der Waals surface area contributed by atoms with Crippen molar-refractivity contribution >= 4 is 22.0 Å². The highest BCUT2D eigenvalue weighted by molar-refractivity contribution is 7.89. The van der Waals surface area contributed by atoms with Crippen LogP contribution < -0.4 is 0 Å². The highest BCUT2D eigenvalue weighted by atomic mass is 32.2. The van der Waals surface area contributed by atoms with Gasteiger partial charge in [-0.1, -0.05) is 35.8 Å². The molecule has 1 aromatic carbocycles. The van der Waals surface area contributed by atoms with Gasteiger partial charge in [-0.2, -0.15) is 4.31 Å². The summed E-state index contributed by atoms with van der Waals surface area (Å²) in [6.07, 6.45) is 4.07. The summed E-state index contributed by atoms with van der Waals surface area (Å²) in [6, 6.07) is 6.55. The molecule has 0 amide bonds. The molecule has 1 aliphatic heterocycles. The number of benzene rings is 1. The summed E-state index contributed by atoms with van der Waals surface area (Å²) in [7, 11) is -1.22. The Morgan fingerprint density at radius 2 is 1.70 bits per heavy atom. The van der Waals surface area contributed by atoms with Gasteiger partial charge in [-0.05, 0) is 44.7 Å². The number of rotatable bonds is 5. The summed E-state index contributed by atoms with van der Waals surface area (Å²) < 4.78 is 38.3. The van der Waals surface area contributed by atoms with E-state index < -0.39 is 33.8 Å². The Kier molecular flexibility index (Phi) is 6.67. The molecule has 1 saturated heterocycles. The molecule has 0 N–H and O–H groups in total. The van der Waals surface area contributed by atoms with E-state index in [0.29, 0.717) is 6.42 Å². The molecule has 7 nitrogen and oxygen atoms in total. The van der Waals surface area contributed by atoms with Gasteiger partial charge >= 0.3 is 11.9 Å². The Hall–Kier alpha value is -2.19. The molecule has 3 rings (SSSR count). The summed E-state index contributed by atoms with van der Waals surface area (Å²) in [6.45, 7) is 3.86. The van der Waals surface area contributed by atoms with Crippen LogP contribution >= 0.6 is 0 Å². The molecule has 164 valence electrons. The van der Waals surface area contributed by atoms with E-state index in [4.69, 9.17) is 9.47 Å². The number of nitrogens with zero attached hydrogens (tertiary/aromatic N) is 1. The molecule has 30 heavy (non-hydrogen) atoms. The van der Waals surface area contributed by atoms with E-state index in [9.17, 15) is 18.0 Å². The number of ether oxygens (including phenoxy) is 2. The average Bonchev–Trinajstić information content (AvgIpc) is 3.23. The van der Waals surface area contributed by atoms with Gasteiger partial charge < -0.3 is 9.47 Å². The first-order valence-electron chi connectivity index (χ1n) is 10.2. The highest BCUT2D eigenvalue weighted by Gasteiger charge is 2.53. The van der Waals surface area contributed by atoms with Crippen molar-refractivity contribution in [2.75, 3.05) is 20.8 Å². The van der Waals surface area contributed by atoms with E-state index in [1.165, 1.54) is 14.2 Å². The van der Waals surface area contributed by atoms with Gasteiger partial charge in [0.05, 0.1) is 19.1 Å². The predicted molar refractivity (Wildman–Crippen MR) is 111 cm³/mol. The third-order valence-electron chi connectivity index (χ3n) is 6.40. The van der Waals surface area contributed by atoms with Gasteiger partial charge in [-0.25, -0.2) is 8.42 Å². The number of hydrogen-bond donors (Lipinski definition) is 0. The number of hydrogen-bond acceptors (Lipinski definition) is 6. The largest absolute Gasteiger partial charge is 0.468 e. The maximum Gasteiger partial charge on any atom is 0.320 e. The van der Waals surface area contributed by atoms with Gasteiger partial charge in [-0.15, -0.1) is 0 Å². The number of carbonyl (C=O) groups is 2. The maximum atomic E-state index is 13.5. The van der Waals surface area contributed by atoms with Crippen LogP contribution in [0.2, 0.25) is 0 Å². The lowest BCUT2D eigenvalue weighted by molar-refractivity contribution is -0.162. The molecule has 2 aliphatic rings. The third-order valence-corrected chi connectivity index (χ3v) is 8.28. The van der Waals surface area contributed by atoms with E-state index in [1.807, 2.05) is 13.0 Å². The first kappa shape index (κ1) is 22.5. The summed E-state index contributed by atoms with van der Waals surface area (Å²) in [5.41, 5.74) is 1.73. The topological polar surface area (TPSA) is 90.0 Å². The number of fused-ring (bicyclic) bond motifs is 1. The molecule has 2 fully saturated rings. The van der Waals surface area contributed by atoms with Crippen LogP contribution in [-0.2, 0) is 29.1 Å². The van der Waals surface area contributed by atoms with Gasteiger partial charge in [0.15, 0.2) is 5.92 Å². The predicted octanol–water partition coefficient (Wildman–Crippen LogP) is 2.69. The minimum Gasteiger partial charge on any atom is -0.468 e. The Bertz CT molecular complexity index is 921. The highest BCUT2D eigenvalue weighted by Crippen LogP contribution is 2.48. The Labute approximate surface area is 178 Å². The van der Waals surface area contributed by atoms with Gasteiger partial charge in [-0.3, -0.25) is 9.59 Å². The van der Waals surface area contributed by atoms with Crippen LogP contribution in [0.25, 0.3) is 0 Å². The lowest BCUT2D eigenvalue weighted by Gasteiger charge is -2.44. The van der Waals surface area contributed by atoms with E-state index in [1.54, 1.807) is 35.5 Å². The molecule has 0 spiro atoms. The van der Waals surface area contributed by atoms with Crippen molar-refractivity contribution in [1.82, 2.24) is 4.31 Å².